The zero-order valence-electron chi connectivity index (χ0n) is 18.2. The highest BCUT2D eigenvalue weighted by Gasteiger charge is 2.39. The van der Waals surface area contributed by atoms with E-state index in [-0.39, 0.29) is 23.8 Å². The van der Waals surface area contributed by atoms with E-state index in [0.29, 0.717) is 26.7 Å². The van der Waals surface area contributed by atoms with Crippen LogP contribution in [0.2, 0.25) is 10.0 Å². The Morgan fingerprint density at radius 2 is 1.85 bits per heavy atom. The van der Waals surface area contributed by atoms with Gasteiger partial charge in [0, 0.05) is 18.9 Å². The van der Waals surface area contributed by atoms with Crippen molar-refractivity contribution in [2.24, 2.45) is 7.05 Å². The fourth-order valence-corrected chi connectivity index (χ4v) is 6.00. The van der Waals surface area contributed by atoms with E-state index in [0.717, 1.165) is 11.1 Å². The van der Waals surface area contributed by atoms with Gasteiger partial charge in [0.05, 0.1) is 33.1 Å². The fraction of sp³-hybridized carbons (Fsp3) is 0.304. The second-order valence-corrected chi connectivity index (χ2v) is 11.0. The number of aryl methyl sites for hydroxylation is 2. The topological polar surface area (TPSA) is 94.5 Å². The van der Waals surface area contributed by atoms with Crippen molar-refractivity contribution in [2.75, 3.05) is 6.61 Å². The van der Waals surface area contributed by atoms with Crippen LogP contribution in [0.3, 0.4) is 0 Å². The summed E-state index contributed by atoms with van der Waals surface area (Å²) in [5.41, 5.74) is 2.74. The van der Waals surface area contributed by atoms with Crippen LogP contribution in [-0.2, 0) is 26.4 Å². The van der Waals surface area contributed by atoms with Gasteiger partial charge in [-0.15, -0.1) is 0 Å². The molecule has 2 unspecified atom stereocenters. The molecule has 3 aromatic rings. The van der Waals surface area contributed by atoms with E-state index in [4.69, 9.17) is 27.9 Å². The van der Waals surface area contributed by atoms with Gasteiger partial charge in [-0.25, -0.2) is 8.42 Å². The van der Waals surface area contributed by atoms with Gasteiger partial charge >= 0.3 is 5.97 Å². The molecular weight excluding hydrogens is 487 g/mol. The fourth-order valence-electron chi connectivity index (χ4n) is 3.97. The third-order valence-electron chi connectivity index (χ3n) is 5.96. The number of carbonyl (C=O) groups excluding carboxylic acids is 2. The Labute approximate surface area is 201 Å². The van der Waals surface area contributed by atoms with Crippen LogP contribution < -0.4 is 5.32 Å². The Bertz CT molecular complexity index is 1380. The Hall–Kier alpha value is -2.55. The van der Waals surface area contributed by atoms with Crippen molar-refractivity contribution in [3.63, 3.8) is 0 Å². The lowest BCUT2D eigenvalue weighted by molar-refractivity contribution is -0.137. The van der Waals surface area contributed by atoms with Crippen molar-refractivity contribution in [1.29, 1.82) is 0 Å². The van der Waals surface area contributed by atoms with E-state index >= 15 is 0 Å². The zero-order chi connectivity index (χ0) is 24.1. The quantitative estimate of drug-likeness (QED) is 0.516. The van der Waals surface area contributed by atoms with Crippen LogP contribution in [0.15, 0.2) is 41.3 Å². The Balaban J connectivity index is 1.55. The number of carbonyl (C=O) groups is 2. The number of esters is 1. The summed E-state index contributed by atoms with van der Waals surface area (Å²) in [6.07, 6.45) is 0.148. The monoisotopic (exact) mass is 508 g/mol. The molecule has 1 aliphatic rings. The highest BCUT2D eigenvalue weighted by atomic mass is 35.5. The second kappa shape index (κ2) is 8.66. The van der Waals surface area contributed by atoms with Crippen LogP contribution in [0, 0.1) is 6.92 Å². The first-order valence-electron chi connectivity index (χ1n) is 10.3. The molecule has 0 saturated carbocycles. The third-order valence-corrected chi connectivity index (χ3v) is 9.04. The Morgan fingerprint density at radius 3 is 2.45 bits per heavy atom. The van der Waals surface area contributed by atoms with E-state index < -0.39 is 27.1 Å². The maximum Gasteiger partial charge on any atom is 0.324 e. The zero-order valence-corrected chi connectivity index (χ0v) is 20.5. The maximum absolute atomic E-state index is 13.0. The van der Waals surface area contributed by atoms with Crippen molar-refractivity contribution in [3.05, 3.63) is 63.3 Å². The molecule has 2 atom stereocenters. The molecule has 1 aliphatic heterocycles. The summed E-state index contributed by atoms with van der Waals surface area (Å²) in [4.78, 5) is 24.7. The summed E-state index contributed by atoms with van der Waals surface area (Å²) in [5, 5.41) is 3.30. The Kier molecular flexibility index (Phi) is 6.20. The standard InChI is InChI=1S/C23H22Cl2N2O5S/c1-12-10-17-16(21(25)20(12)24)11-18(27(17)3)22(28)26-13(2)14-4-6-15(7-5-14)33(30,31)19-8-9-32-23(19)29/h4-7,10-11,13,19H,8-9H2,1-3H3,(H,26,28). The summed E-state index contributed by atoms with van der Waals surface area (Å²) in [5.74, 6) is -1.03. The van der Waals surface area contributed by atoms with Gasteiger partial charge in [0.15, 0.2) is 15.1 Å². The van der Waals surface area contributed by atoms with Gasteiger partial charge in [0.1, 0.15) is 5.69 Å². The van der Waals surface area contributed by atoms with E-state index in [1.54, 1.807) is 36.7 Å². The Morgan fingerprint density at radius 1 is 1.18 bits per heavy atom. The molecule has 1 saturated heterocycles. The van der Waals surface area contributed by atoms with Gasteiger partial charge in [-0.05, 0) is 49.2 Å². The first kappa shape index (κ1) is 23.6. The maximum atomic E-state index is 13.0. The second-order valence-electron chi connectivity index (χ2n) is 8.10. The first-order valence-corrected chi connectivity index (χ1v) is 12.6. The lowest BCUT2D eigenvalue weighted by atomic mass is 10.1. The largest absolute Gasteiger partial charge is 0.465 e. The molecule has 0 radical (unpaired) electrons. The molecule has 174 valence electrons. The van der Waals surface area contributed by atoms with Crippen molar-refractivity contribution in [2.45, 2.75) is 36.5 Å². The van der Waals surface area contributed by atoms with E-state index in [9.17, 15) is 18.0 Å². The summed E-state index contributed by atoms with van der Waals surface area (Å²) in [6.45, 7) is 3.75. The number of rotatable bonds is 5. The van der Waals surface area contributed by atoms with Gasteiger partial charge < -0.3 is 14.6 Å². The number of hydrogen-bond donors (Lipinski definition) is 1. The molecule has 10 heteroatoms. The lowest BCUT2D eigenvalue weighted by Gasteiger charge is -2.16. The van der Waals surface area contributed by atoms with Gasteiger partial charge in [0.25, 0.3) is 5.91 Å². The van der Waals surface area contributed by atoms with Gasteiger partial charge in [-0.2, -0.15) is 0 Å². The van der Waals surface area contributed by atoms with Crippen LogP contribution in [-0.4, -0.2) is 36.7 Å². The molecule has 7 nitrogen and oxygen atoms in total. The number of cyclic esters (lactones) is 1. The van der Waals surface area contributed by atoms with Gasteiger partial charge in [-0.1, -0.05) is 35.3 Å². The first-order chi connectivity index (χ1) is 15.5. The molecule has 0 bridgehead atoms. The normalized spacial score (nSPS) is 17.2. The molecule has 1 amide bonds. The summed E-state index contributed by atoms with van der Waals surface area (Å²) in [6, 6.07) is 9.31. The summed E-state index contributed by atoms with van der Waals surface area (Å²) < 4.78 is 31.9. The molecule has 4 rings (SSSR count). The number of hydrogen-bond acceptors (Lipinski definition) is 5. The van der Waals surface area contributed by atoms with E-state index in [1.165, 1.54) is 12.1 Å². The van der Waals surface area contributed by atoms with E-state index in [2.05, 4.69) is 5.32 Å². The number of amides is 1. The van der Waals surface area contributed by atoms with Crippen molar-refractivity contribution < 1.29 is 22.7 Å². The smallest absolute Gasteiger partial charge is 0.324 e. The van der Waals surface area contributed by atoms with Crippen LogP contribution in [0.4, 0.5) is 0 Å². The third kappa shape index (κ3) is 4.11. The highest BCUT2D eigenvalue weighted by Crippen LogP contribution is 2.35. The number of sulfone groups is 1. The SMILES string of the molecule is Cc1cc2c(cc(C(=O)NC(C)c3ccc(S(=O)(=O)C4CCOC4=O)cc3)n2C)c(Cl)c1Cl. The molecule has 1 fully saturated rings. The predicted octanol–water partition coefficient (Wildman–Crippen LogP) is 4.37. The van der Waals surface area contributed by atoms with Crippen LogP contribution >= 0.6 is 23.2 Å². The van der Waals surface area contributed by atoms with Crippen LogP contribution in [0.5, 0.6) is 0 Å². The van der Waals surface area contributed by atoms with Crippen molar-refractivity contribution in [1.82, 2.24) is 9.88 Å². The van der Waals surface area contributed by atoms with Crippen LogP contribution in [0.25, 0.3) is 10.9 Å². The average Bonchev–Trinajstić information content (AvgIpc) is 3.36. The molecule has 0 spiro atoms. The summed E-state index contributed by atoms with van der Waals surface area (Å²) >= 11 is 12.6. The van der Waals surface area contributed by atoms with Crippen LogP contribution in [0.1, 0.15) is 41.0 Å². The number of ether oxygens (including phenoxy) is 1. The highest BCUT2D eigenvalue weighted by molar-refractivity contribution is 7.92. The number of halogens is 2. The van der Waals surface area contributed by atoms with Crippen molar-refractivity contribution in [3.8, 4) is 0 Å². The van der Waals surface area contributed by atoms with Gasteiger partial charge in [0.2, 0.25) is 0 Å². The van der Waals surface area contributed by atoms with E-state index in [1.807, 2.05) is 13.0 Å². The minimum absolute atomic E-state index is 0.0456. The number of nitrogens with one attached hydrogen (secondary N) is 1. The molecule has 33 heavy (non-hydrogen) atoms. The number of nitrogens with zero attached hydrogens (tertiary/aromatic N) is 1. The molecule has 1 aromatic heterocycles. The summed E-state index contributed by atoms with van der Waals surface area (Å²) in [7, 11) is -2.04. The van der Waals surface area contributed by atoms with Gasteiger partial charge in [-0.3, -0.25) is 9.59 Å². The number of benzene rings is 2. The molecule has 1 N–H and O–H groups in total. The average molecular weight is 509 g/mol. The molecule has 0 aliphatic carbocycles. The predicted molar refractivity (Wildman–Crippen MR) is 127 cm³/mol. The number of aromatic nitrogens is 1. The lowest BCUT2D eigenvalue weighted by Crippen LogP contribution is -2.28. The molecular formula is C23H22Cl2N2O5S. The van der Waals surface area contributed by atoms with Crippen molar-refractivity contribution >= 4 is 55.8 Å². The molecule has 2 aromatic carbocycles. The number of fused-ring (bicyclic) bond motifs is 1. The minimum atomic E-state index is -3.82. The molecule has 2 heterocycles. The minimum Gasteiger partial charge on any atom is -0.465 e.